The van der Waals surface area contributed by atoms with Crippen LogP contribution in [-0.4, -0.2) is 27.7 Å². The Balaban J connectivity index is 3.40. The Bertz CT molecular complexity index is 122. The Labute approximate surface area is 67.9 Å². The van der Waals surface area contributed by atoms with Gasteiger partial charge in [0, 0.05) is 5.75 Å². The number of hydrogen-bond donors (Lipinski definition) is 3. The van der Waals surface area contributed by atoms with Gasteiger partial charge in [-0.15, -0.1) is 23.4 Å². The van der Waals surface area contributed by atoms with Gasteiger partial charge in [-0.3, -0.25) is 4.79 Å². The largest absolute Gasteiger partial charge is 0.480 e. The summed E-state index contributed by atoms with van der Waals surface area (Å²) in [5.74, 6) is -0.816. The average molecular weight is 185 g/mol. The van der Waals surface area contributed by atoms with Gasteiger partial charge in [0.05, 0.1) is 0 Å². The molecule has 0 heterocycles. The summed E-state index contributed by atoms with van der Waals surface area (Å²) < 4.78 is 0. The van der Waals surface area contributed by atoms with Crippen LogP contribution in [0.3, 0.4) is 0 Å². The zero-order chi connectivity index (χ0) is 8.15. The highest BCUT2D eigenvalue weighted by molar-refractivity contribution is 7.99. The molecule has 10 heavy (non-hydrogen) atoms. The van der Waals surface area contributed by atoms with E-state index in [-0.39, 0.29) is 5.75 Å². The molecule has 0 amide bonds. The lowest BCUT2D eigenvalue weighted by atomic mass is 10.5. The SMILES string of the molecule is NC(N)SC[C@H](Cl)C(=O)O. The van der Waals surface area contributed by atoms with Crippen LogP contribution in [-0.2, 0) is 4.79 Å². The molecule has 0 aromatic carbocycles. The summed E-state index contributed by atoms with van der Waals surface area (Å²) in [6, 6.07) is 0. The second-order valence-electron chi connectivity index (χ2n) is 1.60. The van der Waals surface area contributed by atoms with E-state index in [1.165, 1.54) is 0 Å². The molecule has 6 heteroatoms. The highest BCUT2D eigenvalue weighted by Crippen LogP contribution is 2.08. The molecular formula is C4H9ClN2O2S. The third kappa shape index (κ3) is 4.87. The molecule has 0 unspecified atom stereocenters. The van der Waals surface area contributed by atoms with Crippen molar-refractivity contribution in [1.82, 2.24) is 0 Å². The first kappa shape index (κ1) is 10.0. The van der Waals surface area contributed by atoms with Crippen molar-refractivity contribution in [2.45, 2.75) is 10.9 Å². The monoisotopic (exact) mass is 184 g/mol. The molecule has 0 aromatic rings. The van der Waals surface area contributed by atoms with Crippen molar-refractivity contribution in [3.05, 3.63) is 0 Å². The number of carbonyl (C=O) groups is 1. The third-order valence-electron chi connectivity index (χ3n) is 0.703. The van der Waals surface area contributed by atoms with Gasteiger partial charge in [-0.25, -0.2) is 0 Å². The van der Waals surface area contributed by atoms with Crippen molar-refractivity contribution in [3.63, 3.8) is 0 Å². The van der Waals surface area contributed by atoms with Crippen LogP contribution < -0.4 is 11.5 Å². The summed E-state index contributed by atoms with van der Waals surface area (Å²) in [4.78, 5) is 10.1. The number of alkyl halides is 1. The number of rotatable bonds is 4. The topological polar surface area (TPSA) is 89.3 Å². The number of carboxylic acids is 1. The summed E-state index contributed by atoms with van der Waals surface area (Å²) in [5, 5.41) is 7.36. The van der Waals surface area contributed by atoms with E-state index in [2.05, 4.69) is 0 Å². The minimum absolute atomic E-state index is 0.231. The maximum absolute atomic E-state index is 10.1. The van der Waals surface area contributed by atoms with Crippen molar-refractivity contribution in [2.75, 3.05) is 5.75 Å². The number of halogens is 1. The molecule has 1 atom stereocenters. The molecule has 0 saturated carbocycles. The van der Waals surface area contributed by atoms with E-state index in [1.807, 2.05) is 0 Å². The molecule has 0 saturated heterocycles. The van der Waals surface area contributed by atoms with Crippen LogP contribution in [0.5, 0.6) is 0 Å². The lowest BCUT2D eigenvalue weighted by Crippen LogP contribution is -2.29. The Kier molecular flexibility index (Phi) is 4.80. The van der Waals surface area contributed by atoms with Crippen molar-refractivity contribution < 1.29 is 9.90 Å². The lowest BCUT2D eigenvalue weighted by molar-refractivity contribution is -0.136. The molecule has 0 aromatic heterocycles. The fraction of sp³-hybridized carbons (Fsp3) is 0.750. The normalized spacial score (nSPS) is 13.6. The first-order valence-electron chi connectivity index (χ1n) is 2.53. The van der Waals surface area contributed by atoms with Gasteiger partial charge >= 0.3 is 5.97 Å². The number of aliphatic carboxylic acids is 1. The molecule has 0 bridgehead atoms. The van der Waals surface area contributed by atoms with E-state index in [9.17, 15) is 4.79 Å². The summed E-state index contributed by atoms with van der Waals surface area (Å²) in [7, 11) is 0. The van der Waals surface area contributed by atoms with E-state index < -0.39 is 16.8 Å². The van der Waals surface area contributed by atoms with E-state index in [0.29, 0.717) is 0 Å². The van der Waals surface area contributed by atoms with Gasteiger partial charge in [0.15, 0.2) is 0 Å². The zero-order valence-electron chi connectivity index (χ0n) is 5.16. The first-order chi connectivity index (χ1) is 4.54. The van der Waals surface area contributed by atoms with Gasteiger partial charge < -0.3 is 16.6 Å². The second-order valence-corrected chi connectivity index (χ2v) is 3.34. The summed E-state index contributed by atoms with van der Waals surface area (Å²) in [5.41, 5.74) is 9.71. The van der Waals surface area contributed by atoms with Crippen molar-refractivity contribution in [2.24, 2.45) is 11.5 Å². The number of carboxylic acid groups (broad SMARTS) is 1. The summed E-state index contributed by atoms with van der Waals surface area (Å²) in [6.07, 6.45) is 0. The van der Waals surface area contributed by atoms with Crippen LogP contribution in [0, 0.1) is 0 Å². The molecule has 0 radical (unpaired) electrons. The van der Waals surface area contributed by atoms with Gasteiger partial charge in [-0.1, -0.05) is 0 Å². The molecule has 4 nitrogen and oxygen atoms in total. The average Bonchev–Trinajstić information content (AvgIpc) is 1.82. The van der Waals surface area contributed by atoms with Crippen LogP contribution in [0.2, 0.25) is 0 Å². The molecule has 0 aliphatic carbocycles. The number of thioether (sulfide) groups is 1. The number of hydrogen-bond acceptors (Lipinski definition) is 4. The van der Waals surface area contributed by atoms with E-state index in [1.54, 1.807) is 0 Å². The van der Waals surface area contributed by atoms with Crippen LogP contribution in [0.4, 0.5) is 0 Å². The predicted octanol–water partition coefficient (Wildman–Crippen LogP) is -0.387. The van der Waals surface area contributed by atoms with E-state index in [0.717, 1.165) is 11.8 Å². The van der Waals surface area contributed by atoms with Crippen LogP contribution in [0.25, 0.3) is 0 Å². The Morgan fingerprint density at radius 3 is 2.50 bits per heavy atom. The zero-order valence-corrected chi connectivity index (χ0v) is 6.73. The predicted molar refractivity (Wildman–Crippen MR) is 41.9 cm³/mol. The van der Waals surface area contributed by atoms with Gasteiger partial charge in [0.2, 0.25) is 0 Å². The van der Waals surface area contributed by atoms with Gasteiger partial charge in [0.1, 0.15) is 10.9 Å². The fourth-order valence-electron chi connectivity index (χ4n) is 0.267. The maximum atomic E-state index is 10.1. The van der Waals surface area contributed by atoms with Gasteiger partial charge in [-0.05, 0) is 0 Å². The smallest absolute Gasteiger partial charge is 0.322 e. The van der Waals surface area contributed by atoms with E-state index in [4.69, 9.17) is 28.2 Å². The molecular weight excluding hydrogens is 176 g/mol. The van der Waals surface area contributed by atoms with Crippen LogP contribution in [0.15, 0.2) is 0 Å². The molecule has 5 N–H and O–H groups in total. The summed E-state index contributed by atoms with van der Waals surface area (Å²) in [6.45, 7) is 0. The third-order valence-corrected chi connectivity index (χ3v) is 2.14. The van der Waals surface area contributed by atoms with Crippen LogP contribution >= 0.6 is 23.4 Å². The van der Waals surface area contributed by atoms with Gasteiger partial charge in [0.25, 0.3) is 0 Å². The molecule has 0 spiro atoms. The Morgan fingerprint density at radius 2 is 2.20 bits per heavy atom. The molecule has 0 aliphatic heterocycles. The fourth-order valence-corrected chi connectivity index (χ4v) is 1.02. The molecule has 60 valence electrons. The van der Waals surface area contributed by atoms with Crippen molar-refractivity contribution >= 4 is 29.3 Å². The minimum atomic E-state index is -1.05. The first-order valence-corrected chi connectivity index (χ1v) is 4.02. The Hall–Kier alpha value is 0.0300. The maximum Gasteiger partial charge on any atom is 0.322 e. The highest BCUT2D eigenvalue weighted by Gasteiger charge is 2.13. The standard InChI is InChI=1S/C4H9ClN2O2S/c5-2(3(8)9)1-10-4(6)7/h2,4H,1,6-7H2,(H,8,9)/t2-/m0/s1. The van der Waals surface area contributed by atoms with E-state index >= 15 is 0 Å². The molecule has 0 rings (SSSR count). The highest BCUT2D eigenvalue weighted by atomic mass is 35.5. The molecule has 0 fully saturated rings. The van der Waals surface area contributed by atoms with Gasteiger partial charge in [-0.2, -0.15) is 0 Å². The quantitative estimate of drug-likeness (QED) is 0.409. The van der Waals surface area contributed by atoms with Crippen molar-refractivity contribution in [1.29, 1.82) is 0 Å². The number of nitrogens with two attached hydrogens (primary N) is 2. The second kappa shape index (κ2) is 4.79. The van der Waals surface area contributed by atoms with Crippen molar-refractivity contribution in [3.8, 4) is 0 Å². The lowest BCUT2D eigenvalue weighted by Gasteiger charge is -2.05. The summed E-state index contributed by atoms with van der Waals surface area (Å²) >= 11 is 6.44. The molecule has 0 aliphatic rings. The Morgan fingerprint density at radius 1 is 1.70 bits per heavy atom. The minimum Gasteiger partial charge on any atom is -0.480 e. The van der Waals surface area contributed by atoms with Crippen LogP contribution in [0.1, 0.15) is 0 Å².